The number of carbonyl (C=O) groups excluding carboxylic acids is 1. The molecule has 0 spiro atoms. The van der Waals surface area contributed by atoms with Crippen molar-refractivity contribution < 1.29 is 13.9 Å². The van der Waals surface area contributed by atoms with Crippen molar-refractivity contribution in [2.75, 3.05) is 11.9 Å². The Morgan fingerprint density at radius 1 is 1.50 bits per heavy atom. The van der Waals surface area contributed by atoms with Crippen molar-refractivity contribution in [3.8, 4) is 0 Å². The van der Waals surface area contributed by atoms with Crippen LogP contribution in [-0.2, 0) is 16.0 Å². The van der Waals surface area contributed by atoms with Gasteiger partial charge in [0.25, 0.3) is 0 Å². The molecule has 1 aliphatic rings. The Balaban J connectivity index is 1.65. The Morgan fingerprint density at radius 3 is 2.92 bits per heavy atom. The highest BCUT2D eigenvalue weighted by Gasteiger charge is 2.63. The van der Waals surface area contributed by atoms with Crippen LogP contribution in [0.1, 0.15) is 37.6 Å². The SMILES string of the molecule is CCOC1CC(N)(C(=O)Nc2ncc(Cc3cccc(F)c3)s2)C1(C)C. The molecule has 1 saturated carbocycles. The monoisotopic (exact) mass is 377 g/mol. The molecule has 3 N–H and O–H groups in total. The van der Waals surface area contributed by atoms with Crippen LogP contribution in [0.15, 0.2) is 30.5 Å². The van der Waals surface area contributed by atoms with E-state index in [0.717, 1.165) is 10.4 Å². The second-order valence-corrected chi connectivity index (χ2v) is 8.35. The van der Waals surface area contributed by atoms with Crippen LogP contribution in [0.25, 0.3) is 0 Å². The number of amides is 1. The first-order valence-corrected chi connectivity index (χ1v) is 9.49. The molecule has 0 radical (unpaired) electrons. The fourth-order valence-electron chi connectivity index (χ4n) is 3.32. The second-order valence-electron chi connectivity index (χ2n) is 7.23. The first-order valence-electron chi connectivity index (χ1n) is 8.67. The van der Waals surface area contributed by atoms with E-state index in [9.17, 15) is 9.18 Å². The third-order valence-corrected chi connectivity index (χ3v) is 6.19. The molecule has 2 atom stereocenters. The largest absolute Gasteiger partial charge is 0.378 e. The van der Waals surface area contributed by atoms with Crippen LogP contribution in [0.5, 0.6) is 0 Å². The van der Waals surface area contributed by atoms with Gasteiger partial charge in [0.15, 0.2) is 5.13 Å². The van der Waals surface area contributed by atoms with Crippen LogP contribution in [-0.4, -0.2) is 29.1 Å². The molecule has 0 saturated heterocycles. The van der Waals surface area contributed by atoms with E-state index in [1.54, 1.807) is 12.3 Å². The van der Waals surface area contributed by atoms with Crippen molar-refractivity contribution in [3.63, 3.8) is 0 Å². The predicted molar refractivity (Wildman–Crippen MR) is 101 cm³/mol. The lowest BCUT2D eigenvalue weighted by Crippen LogP contribution is -2.74. The summed E-state index contributed by atoms with van der Waals surface area (Å²) in [6.45, 7) is 6.44. The number of hydrogen-bond donors (Lipinski definition) is 2. The zero-order valence-corrected chi connectivity index (χ0v) is 16.0. The summed E-state index contributed by atoms with van der Waals surface area (Å²) in [5.74, 6) is -0.508. The van der Waals surface area contributed by atoms with Gasteiger partial charge in [0.1, 0.15) is 11.4 Å². The summed E-state index contributed by atoms with van der Waals surface area (Å²) in [5, 5.41) is 3.34. The molecule has 1 aromatic carbocycles. The van der Waals surface area contributed by atoms with Gasteiger partial charge < -0.3 is 15.8 Å². The first kappa shape index (κ1) is 18.9. The number of nitrogens with one attached hydrogen (secondary N) is 1. The van der Waals surface area contributed by atoms with Crippen molar-refractivity contribution >= 4 is 22.4 Å². The molecular weight excluding hydrogens is 353 g/mol. The number of thiazole rings is 1. The average molecular weight is 377 g/mol. The number of aromatic nitrogens is 1. The fourth-order valence-corrected chi connectivity index (χ4v) is 4.17. The van der Waals surface area contributed by atoms with Crippen molar-refractivity contribution in [2.24, 2.45) is 11.1 Å². The highest BCUT2D eigenvalue weighted by atomic mass is 32.1. The summed E-state index contributed by atoms with van der Waals surface area (Å²) in [7, 11) is 0. The van der Waals surface area contributed by atoms with Crippen molar-refractivity contribution in [1.29, 1.82) is 0 Å². The van der Waals surface area contributed by atoms with Crippen LogP contribution in [0.3, 0.4) is 0 Å². The molecule has 0 bridgehead atoms. The maximum atomic E-state index is 13.3. The lowest BCUT2D eigenvalue weighted by molar-refractivity contribution is -0.166. The molecule has 7 heteroatoms. The van der Waals surface area contributed by atoms with Gasteiger partial charge in [-0.25, -0.2) is 9.37 Å². The van der Waals surface area contributed by atoms with Gasteiger partial charge in [-0.3, -0.25) is 4.79 Å². The number of nitrogens with two attached hydrogens (primary N) is 1. The van der Waals surface area contributed by atoms with Crippen LogP contribution in [0, 0.1) is 11.2 Å². The van der Waals surface area contributed by atoms with E-state index in [1.165, 1.54) is 23.5 Å². The van der Waals surface area contributed by atoms with Gasteiger partial charge in [0.05, 0.1) is 6.10 Å². The topological polar surface area (TPSA) is 77.2 Å². The average Bonchev–Trinajstić information content (AvgIpc) is 3.01. The second kappa shape index (κ2) is 7.06. The van der Waals surface area contributed by atoms with Crippen LogP contribution >= 0.6 is 11.3 Å². The van der Waals surface area contributed by atoms with Crippen LogP contribution in [0.4, 0.5) is 9.52 Å². The quantitative estimate of drug-likeness (QED) is 0.809. The number of halogens is 1. The maximum absolute atomic E-state index is 13.3. The minimum atomic E-state index is -0.985. The smallest absolute Gasteiger partial charge is 0.246 e. The number of hydrogen-bond acceptors (Lipinski definition) is 5. The Labute approximate surface area is 156 Å². The number of ether oxygens (including phenoxy) is 1. The fraction of sp³-hybridized carbons (Fsp3) is 0.474. The molecule has 1 amide bonds. The molecule has 1 aliphatic carbocycles. The van der Waals surface area contributed by atoms with Gasteiger partial charge in [0.2, 0.25) is 5.91 Å². The lowest BCUT2D eigenvalue weighted by Gasteiger charge is -2.57. The number of nitrogens with zero attached hydrogens (tertiary/aromatic N) is 1. The van der Waals surface area contributed by atoms with Gasteiger partial charge in [-0.1, -0.05) is 26.0 Å². The predicted octanol–water partition coefficient (Wildman–Crippen LogP) is 3.34. The lowest BCUT2D eigenvalue weighted by atomic mass is 9.54. The highest BCUT2D eigenvalue weighted by molar-refractivity contribution is 7.15. The summed E-state index contributed by atoms with van der Waals surface area (Å²) in [6, 6.07) is 6.46. The number of benzene rings is 1. The molecule has 140 valence electrons. The van der Waals surface area contributed by atoms with Crippen molar-refractivity contribution in [3.05, 3.63) is 46.7 Å². The van der Waals surface area contributed by atoms with E-state index in [4.69, 9.17) is 10.5 Å². The molecule has 1 heterocycles. The van der Waals surface area contributed by atoms with E-state index >= 15 is 0 Å². The zero-order chi connectivity index (χ0) is 18.9. The Morgan fingerprint density at radius 2 is 2.27 bits per heavy atom. The van der Waals surface area contributed by atoms with Gasteiger partial charge in [-0.2, -0.15) is 0 Å². The van der Waals surface area contributed by atoms with Crippen molar-refractivity contribution in [1.82, 2.24) is 4.98 Å². The number of rotatable bonds is 6. The summed E-state index contributed by atoms with van der Waals surface area (Å²) >= 11 is 1.37. The molecule has 26 heavy (non-hydrogen) atoms. The van der Waals surface area contributed by atoms with Crippen molar-refractivity contribution in [2.45, 2.75) is 45.3 Å². The van der Waals surface area contributed by atoms with Gasteiger partial charge in [0, 0.05) is 35.9 Å². The van der Waals surface area contributed by atoms with E-state index in [-0.39, 0.29) is 17.8 Å². The minimum Gasteiger partial charge on any atom is -0.378 e. The van der Waals surface area contributed by atoms with Gasteiger partial charge in [-0.05, 0) is 24.6 Å². The van der Waals surface area contributed by atoms with E-state index < -0.39 is 11.0 Å². The van der Waals surface area contributed by atoms with E-state index in [0.29, 0.717) is 24.6 Å². The zero-order valence-electron chi connectivity index (χ0n) is 15.2. The normalized spacial score (nSPS) is 24.1. The summed E-state index contributed by atoms with van der Waals surface area (Å²) in [4.78, 5) is 17.9. The number of carbonyl (C=O) groups is 1. The molecule has 1 aromatic heterocycles. The van der Waals surface area contributed by atoms with E-state index in [2.05, 4.69) is 10.3 Å². The maximum Gasteiger partial charge on any atom is 0.246 e. The minimum absolute atomic E-state index is 0.0249. The number of anilines is 1. The molecule has 0 aliphatic heterocycles. The Kier molecular flexibility index (Phi) is 5.14. The Bertz CT molecular complexity index is 808. The molecule has 5 nitrogen and oxygen atoms in total. The third-order valence-electron chi connectivity index (χ3n) is 5.28. The van der Waals surface area contributed by atoms with Gasteiger partial charge in [-0.15, -0.1) is 11.3 Å². The van der Waals surface area contributed by atoms with Crippen LogP contribution in [0.2, 0.25) is 0 Å². The highest BCUT2D eigenvalue weighted by Crippen LogP contribution is 2.50. The van der Waals surface area contributed by atoms with E-state index in [1.807, 2.05) is 26.8 Å². The summed E-state index contributed by atoms with van der Waals surface area (Å²) < 4.78 is 19.0. The molecular formula is C19H24FN3O2S. The van der Waals surface area contributed by atoms with Gasteiger partial charge >= 0.3 is 0 Å². The first-order chi connectivity index (χ1) is 12.3. The molecule has 3 rings (SSSR count). The summed E-state index contributed by atoms with van der Waals surface area (Å²) in [5.41, 5.74) is 5.81. The molecule has 2 aromatic rings. The third kappa shape index (κ3) is 3.39. The Hall–Kier alpha value is -1.83. The van der Waals surface area contributed by atoms with Crippen LogP contribution < -0.4 is 11.1 Å². The molecule has 2 unspecified atom stereocenters. The summed E-state index contributed by atoms with van der Waals surface area (Å²) in [6.07, 6.45) is 2.73. The molecule has 1 fully saturated rings. The standard InChI is InChI=1S/C19H24FN3O2S/c1-4-25-15-10-19(21,18(15,2)3)16(24)23-17-22-11-14(26-17)9-12-6-5-7-13(20)8-12/h5-8,11,15H,4,9-10,21H2,1-3H3,(H,22,23,24).